The van der Waals surface area contributed by atoms with Crippen molar-refractivity contribution in [2.24, 2.45) is 10.9 Å². The second-order valence-corrected chi connectivity index (χ2v) is 6.78. The number of nitrogens with zero attached hydrogens (tertiary/aromatic N) is 3. The van der Waals surface area contributed by atoms with Gasteiger partial charge in [0.1, 0.15) is 0 Å². The van der Waals surface area contributed by atoms with Crippen LogP contribution in [0.4, 0.5) is 0 Å². The van der Waals surface area contributed by atoms with Gasteiger partial charge in [-0.15, -0.1) is 24.0 Å². The molecular weight excluding hydrogens is 425 g/mol. The number of nitrogens with one attached hydrogen (secondary N) is 2. The average molecular weight is 455 g/mol. The summed E-state index contributed by atoms with van der Waals surface area (Å²) >= 11 is 0. The van der Waals surface area contributed by atoms with E-state index >= 15 is 0 Å². The van der Waals surface area contributed by atoms with Gasteiger partial charge in [-0.3, -0.25) is 4.90 Å². The molecule has 2 N–H and O–H groups in total. The Kier molecular flexibility index (Phi) is 9.22. The molecule has 1 aliphatic heterocycles. The summed E-state index contributed by atoms with van der Waals surface area (Å²) in [4.78, 5) is 7.21. The maximum absolute atomic E-state index is 8.86. The van der Waals surface area contributed by atoms with Gasteiger partial charge in [-0.1, -0.05) is 19.1 Å². The second kappa shape index (κ2) is 10.6. The molecule has 0 radical (unpaired) electrons. The van der Waals surface area contributed by atoms with Crippen LogP contribution in [-0.4, -0.2) is 42.6 Å². The Balaban J connectivity index is 0.00000312. The first-order valence-electron chi connectivity index (χ1n) is 8.81. The third-order valence-corrected chi connectivity index (χ3v) is 4.54. The van der Waals surface area contributed by atoms with Crippen molar-refractivity contribution in [2.75, 3.05) is 19.6 Å². The minimum absolute atomic E-state index is 0. The molecule has 1 aromatic carbocycles. The summed E-state index contributed by atoms with van der Waals surface area (Å²) in [5, 5.41) is 15.8. The zero-order chi connectivity index (χ0) is 17.5. The van der Waals surface area contributed by atoms with Crippen LogP contribution in [0.1, 0.15) is 38.8 Å². The van der Waals surface area contributed by atoms with Gasteiger partial charge in [0.2, 0.25) is 0 Å². The highest BCUT2D eigenvalue weighted by atomic mass is 127. The summed E-state index contributed by atoms with van der Waals surface area (Å²) in [6, 6.07) is 10.7. The highest BCUT2D eigenvalue weighted by molar-refractivity contribution is 14.0. The van der Waals surface area contributed by atoms with Crippen LogP contribution >= 0.6 is 24.0 Å². The van der Waals surface area contributed by atoms with Gasteiger partial charge in [0, 0.05) is 31.7 Å². The molecule has 2 rings (SSSR count). The summed E-state index contributed by atoms with van der Waals surface area (Å²) in [5.41, 5.74) is 1.79. The first-order chi connectivity index (χ1) is 11.5. The van der Waals surface area contributed by atoms with Gasteiger partial charge in [-0.2, -0.15) is 5.26 Å². The Morgan fingerprint density at radius 3 is 2.52 bits per heavy atom. The zero-order valence-electron chi connectivity index (χ0n) is 15.6. The Morgan fingerprint density at radius 2 is 2.00 bits per heavy atom. The molecule has 1 fully saturated rings. The van der Waals surface area contributed by atoms with E-state index in [1.165, 1.54) is 0 Å². The lowest BCUT2D eigenvalue weighted by atomic mass is 10.1. The summed E-state index contributed by atoms with van der Waals surface area (Å²) in [6.07, 6.45) is 0. The zero-order valence-corrected chi connectivity index (χ0v) is 18.0. The van der Waals surface area contributed by atoms with Crippen LogP contribution in [0.3, 0.4) is 0 Å². The van der Waals surface area contributed by atoms with Gasteiger partial charge >= 0.3 is 0 Å². The SMILES string of the molecule is CCNC(=NCc1ccc(C#N)cc1)NC1CN(C(C)C)CC1C.I. The fourth-order valence-electron chi connectivity index (χ4n) is 2.96. The van der Waals surface area contributed by atoms with E-state index in [0.717, 1.165) is 31.2 Å². The van der Waals surface area contributed by atoms with Gasteiger partial charge in [-0.25, -0.2) is 4.99 Å². The van der Waals surface area contributed by atoms with Crippen LogP contribution < -0.4 is 10.6 Å². The highest BCUT2D eigenvalue weighted by Gasteiger charge is 2.31. The predicted octanol–water partition coefficient (Wildman–Crippen LogP) is 2.96. The standard InChI is InChI=1S/C19H29N5.HI/c1-5-21-19(22-11-17-8-6-16(10-20)7-9-17)23-18-13-24(14(2)3)12-15(18)4;/h6-9,14-15,18H,5,11-13H2,1-4H3,(H2,21,22,23);1H. The van der Waals surface area contributed by atoms with Gasteiger partial charge < -0.3 is 10.6 Å². The van der Waals surface area contributed by atoms with Crippen molar-refractivity contribution in [1.82, 2.24) is 15.5 Å². The quantitative estimate of drug-likeness (QED) is 0.407. The molecule has 0 saturated carbocycles. The minimum Gasteiger partial charge on any atom is -0.357 e. The van der Waals surface area contributed by atoms with E-state index in [-0.39, 0.29) is 24.0 Å². The smallest absolute Gasteiger partial charge is 0.191 e. The van der Waals surface area contributed by atoms with Crippen molar-refractivity contribution in [3.05, 3.63) is 35.4 Å². The van der Waals surface area contributed by atoms with Crippen LogP contribution in [0.5, 0.6) is 0 Å². The molecule has 0 aromatic heterocycles. The van der Waals surface area contributed by atoms with Gasteiger partial charge in [-0.05, 0) is 44.4 Å². The van der Waals surface area contributed by atoms with E-state index in [1.807, 2.05) is 24.3 Å². The normalized spacial score (nSPS) is 20.9. The molecule has 1 heterocycles. The lowest BCUT2D eigenvalue weighted by molar-refractivity contribution is 0.265. The highest BCUT2D eigenvalue weighted by Crippen LogP contribution is 2.18. The van der Waals surface area contributed by atoms with Crippen molar-refractivity contribution in [1.29, 1.82) is 5.26 Å². The van der Waals surface area contributed by atoms with Crippen LogP contribution in [0.25, 0.3) is 0 Å². The Hall–Kier alpha value is -1.33. The van der Waals surface area contributed by atoms with Crippen molar-refractivity contribution in [2.45, 2.75) is 46.3 Å². The van der Waals surface area contributed by atoms with Gasteiger partial charge in [0.25, 0.3) is 0 Å². The summed E-state index contributed by atoms with van der Waals surface area (Å²) in [7, 11) is 0. The Morgan fingerprint density at radius 1 is 1.32 bits per heavy atom. The van der Waals surface area contributed by atoms with Crippen molar-refractivity contribution >= 4 is 29.9 Å². The molecule has 2 atom stereocenters. The first-order valence-corrected chi connectivity index (χ1v) is 8.81. The molecule has 138 valence electrons. The number of benzene rings is 1. The molecule has 0 aliphatic carbocycles. The molecule has 25 heavy (non-hydrogen) atoms. The molecule has 6 heteroatoms. The summed E-state index contributed by atoms with van der Waals surface area (Å²) < 4.78 is 0. The largest absolute Gasteiger partial charge is 0.357 e. The number of halogens is 1. The number of likely N-dealkylation sites (tertiary alicyclic amines) is 1. The predicted molar refractivity (Wildman–Crippen MR) is 114 cm³/mol. The molecule has 1 aliphatic rings. The second-order valence-electron chi connectivity index (χ2n) is 6.78. The number of hydrogen-bond donors (Lipinski definition) is 2. The third-order valence-electron chi connectivity index (χ3n) is 4.54. The molecule has 2 unspecified atom stereocenters. The topological polar surface area (TPSA) is 63.5 Å². The molecule has 5 nitrogen and oxygen atoms in total. The van der Waals surface area contributed by atoms with Gasteiger partial charge in [0.15, 0.2) is 5.96 Å². The molecular formula is C19H30IN5. The third kappa shape index (κ3) is 6.48. The molecule has 1 aromatic rings. The number of guanidine groups is 1. The average Bonchev–Trinajstić information content (AvgIpc) is 2.94. The molecule has 1 saturated heterocycles. The number of nitriles is 1. The maximum atomic E-state index is 8.86. The number of rotatable bonds is 5. The van der Waals surface area contributed by atoms with E-state index < -0.39 is 0 Å². The first kappa shape index (κ1) is 21.7. The summed E-state index contributed by atoms with van der Waals surface area (Å²) in [6.45, 7) is 12.5. The van der Waals surface area contributed by atoms with Crippen molar-refractivity contribution < 1.29 is 0 Å². The van der Waals surface area contributed by atoms with Crippen LogP contribution in [0.2, 0.25) is 0 Å². The molecule has 0 bridgehead atoms. The van der Waals surface area contributed by atoms with Crippen molar-refractivity contribution in [3.63, 3.8) is 0 Å². The van der Waals surface area contributed by atoms with Crippen LogP contribution in [0, 0.1) is 17.2 Å². The lowest BCUT2D eigenvalue weighted by Crippen LogP contribution is -2.46. The number of hydrogen-bond acceptors (Lipinski definition) is 3. The van der Waals surface area contributed by atoms with E-state index in [4.69, 9.17) is 10.3 Å². The van der Waals surface area contributed by atoms with Gasteiger partial charge in [0.05, 0.1) is 18.2 Å². The van der Waals surface area contributed by atoms with E-state index in [2.05, 4.69) is 49.3 Å². The van der Waals surface area contributed by atoms with E-state index in [0.29, 0.717) is 30.1 Å². The maximum Gasteiger partial charge on any atom is 0.191 e. The minimum atomic E-state index is 0. The molecule has 0 amide bonds. The fraction of sp³-hybridized carbons (Fsp3) is 0.579. The Labute approximate surface area is 168 Å². The van der Waals surface area contributed by atoms with E-state index in [9.17, 15) is 0 Å². The van der Waals surface area contributed by atoms with Crippen molar-refractivity contribution in [3.8, 4) is 6.07 Å². The van der Waals surface area contributed by atoms with Crippen LogP contribution in [-0.2, 0) is 6.54 Å². The van der Waals surface area contributed by atoms with Crippen LogP contribution in [0.15, 0.2) is 29.3 Å². The summed E-state index contributed by atoms with van der Waals surface area (Å²) in [5.74, 6) is 1.47. The fourth-order valence-corrected chi connectivity index (χ4v) is 2.96. The lowest BCUT2D eigenvalue weighted by Gasteiger charge is -2.22. The monoisotopic (exact) mass is 455 g/mol. The Bertz CT molecular complexity index is 591. The molecule has 0 spiro atoms. The van der Waals surface area contributed by atoms with E-state index in [1.54, 1.807) is 0 Å². The number of aliphatic imine (C=N–C) groups is 1.